The Morgan fingerprint density at radius 2 is 1.44 bits per heavy atom. The molecule has 2 aromatic carbocycles. The summed E-state index contributed by atoms with van der Waals surface area (Å²) in [7, 11) is 1.95. The maximum Gasteiger partial charge on any atom is 0.213 e. The zero-order valence-corrected chi connectivity index (χ0v) is 23.0. The topological polar surface area (TPSA) is 135 Å². The molecule has 0 radical (unpaired) electrons. The first-order chi connectivity index (χ1) is 18.7. The summed E-state index contributed by atoms with van der Waals surface area (Å²) in [6.45, 7) is 1.45. The highest BCUT2D eigenvalue weighted by atomic mass is 32.2. The van der Waals surface area contributed by atoms with Crippen LogP contribution in [-0.4, -0.2) is 67.0 Å². The van der Waals surface area contributed by atoms with Crippen molar-refractivity contribution in [2.45, 2.75) is 24.0 Å². The molecule has 2 aromatic heterocycles. The molecule has 0 saturated carbocycles. The largest absolute Gasteiger partial charge is 0.496 e. The van der Waals surface area contributed by atoms with Gasteiger partial charge in [-0.3, -0.25) is 4.57 Å². The van der Waals surface area contributed by atoms with Gasteiger partial charge in [0.1, 0.15) is 34.4 Å². The van der Waals surface area contributed by atoms with Crippen LogP contribution in [0.15, 0.2) is 60.7 Å². The van der Waals surface area contributed by atoms with E-state index in [9.17, 15) is 13.5 Å². The van der Waals surface area contributed by atoms with Crippen molar-refractivity contribution in [3.63, 3.8) is 0 Å². The van der Waals surface area contributed by atoms with E-state index < -0.39 is 26.9 Å². The fourth-order valence-electron chi connectivity index (χ4n) is 4.19. The molecule has 0 aliphatic heterocycles. The van der Waals surface area contributed by atoms with Crippen LogP contribution >= 0.6 is 0 Å². The van der Waals surface area contributed by atoms with Gasteiger partial charge in [-0.15, -0.1) is 10.2 Å². The summed E-state index contributed by atoms with van der Waals surface area (Å²) < 4.78 is 50.7. The van der Waals surface area contributed by atoms with Crippen LogP contribution in [0.5, 0.6) is 23.1 Å². The van der Waals surface area contributed by atoms with Gasteiger partial charge in [0, 0.05) is 11.6 Å². The van der Waals surface area contributed by atoms with E-state index in [0.717, 1.165) is 0 Å². The van der Waals surface area contributed by atoms with Crippen molar-refractivity contribution >= 4 is 9.84 Å². The Balaban J connectivity index is 1.85. The predicted octanol–water partition coefficient (Wildman–Crippen LogP) is 3.40. The van der Waals surface area contributed by atoms with Gasteiger partial charge in [-0.1, -0.05) is 30.3 Å². The van der Waals surface area contributed by atoms with Crippen LogP contribution in [0.4, 0.5) is 0 Å². The number of rotatable bonds is 11. The number of para-hydroxylation sites is 2. The Hall–Kier alpha value is -4.16. The van der Waals surface area contributed by atoms with Crippen molar-refractivity contribution in [3.05, 3.63) is 72.1 Å². The Labute approximate surface area is 226 Å². The van der Waals surface area contributed by atoms with Gasteiger partial charge in [0.15, 0.2) is 21.5 Å². The molecule has 0 bridgehead atoms. The lowest BCUT2D eigenvalue weighted by molar-refractivity contribution is 0.171. The molecule has 0 spiro atoms. The molecule has 0 aliphatic carbocycles. The maximum absolute atomic E-state index is 13.7. The number of aliphatic hydroxyl groups is 1. The summed E-state index contributed by atoms with van der Waals surface area (Å²) >= 11 is 0. The number of benzene rings is 2. The van der Waals surface area contributed by atoms with E-state index in [2.05, 4.69) is 15.2 Å². The number of hydrogen-bond acceptors (Lipinski definition) is 10. The number of aliphatic hydroxyl groups excluding tert-OH is 1. The fourth-order valence-corrected chi connectivity index (χ4v) is 5.54. The first-order valence-electron chi connectivity index (χ1n) is 11.9. The second-order valence-corrected chi connectivity index (χ2v) is 10.9. The molecule has 0 unspecified atom stereocenters. The van der Waals surface area contributed by atoms with Gasteiger partial charge >= 0.3 is 0 Å². The number of methoxy groups -OCH3 is 4. The molecule has 0 aliphatic rings. The van der Waals surface area contributed by atoms with Gasteiger partial charge in [0.2, 0.25) is 5.88 Å². The normalized spacial score (nSPS) is 13.0. The highest BCUT2D eigenvalue weighted by Crippen LogP contribution is 2.37. The van der Waals surface area contributed by atoms with Crippen molar-refractivity contribution in [2.24, 2.45) is 0 Å². The van der Waals surface area contributed by atoms with Crippen molar-refractivity contribution < 1.29 is 32.5 Å². The van der Waals surface area contributed by atoms with Crippen LogP contribution in [0.2, 0.25) is 0 Å². The average Bonchev–Trinajstić information content (AvgIpc) is 3.37. The minimum Gasteiger partial charge on any atom is -0.496 e. The summed E-state index contributed by atoms with van der Waals surface area (Å²) in [4.78, 5) is 4.46. The van der Waals surface area contributed by atoms with E-state index in [1.165, 1.54) is 35.4 Å². The first kappa shape index (κ1) is 27.9. The molecule has 11 nitrogen and oxygen atoms in total. The highest BCUT2D eigenvalue weighted by molar-refractivity contribution is 7.91. The molecule has 4 rings (SSSR count). The minimum atomic E-state index is -3.99. The van der Waals surface area contributed by atoms with E-state index in [-0.39, 0.29) is 11.6 Å². The smallest absolute Gasteiger partial charge is 0.213 e. The summed E-state index contributed by atoms with van der Waals surface area (Å²) in [5.41, 5.74) is 1.15. The lowest BCUT2D eigenvalue weighted by Gasteiger charge is -2.22. The van der Waals surface area contributed by atoms with Gasteiger partial charge in [-0.05, 0) is 31.2 Å². The zero-order chi connectivity index (χ0) is 28.2. The van der Waals surface area contributed by atoms with E-state index in [0.29, 0.717) is 40.1 Å². The van der Waals surface area contributed by atoms with Crippen LogP contribution in [0.25, 0.3) is 17.2 Å². The van der Waals surface area contributed by atoms with Crippen molar-refractivity contribution in [1.29, 1.82) is 0 Å². The molecular formula is C27H30N4O7S. The van der Waals surface area contributed by atoms with Gasteiger partial charge in [-0.25, -0.2) is 13.4 Å². The fraction of sp³-hybridized carbons (Fsp3) is 0.296. The second kappa shape index (κ2) is 11.7. The highest BCUT2D eigenvalue weighted by Gasteiger charge is 2.34. The Morgan fingerprint density at radius 3 is 2.08 bits per heavy atom. The summed E-state index contributed by atoms with van der Waals surface area (Å²) in [6, 6.07) is 17.0. The average molecular weight is 555 g/mol. The molecule has 0 amide bonds. The Kier molecular flexibility index (Phi) is 8.36. The lowest BCUT2D eigenvalue weighted by Crippen LogP contribution is -2.28. The molecule has 206 valence electrons. The standard InChI is InChI=1S/C27H30N4O7S/c1-17(26(32)18-10-6-7-12-20(18)35-2)39(33,34)16-23-29-30-27(19-11-8-15-24(28-19)38-5)31(23)25-21(36-3)13-9-14-22(25)37-4/h6-15,17,26,32H,16H2,1-5H3/t17-,26-/m1/s1. The third-order valence-electron chi connectivity index (χ3n) is 6.32. The van der Waals surface area contributed by atoms with Crippen molar-refractivity contribution in [3.8, 4) is 40.3 Å². The summed E-state index contributed by atoms with van der Waals surface area (Å²) in [6.07, 6.45) is -1.34. The predicted molar refractivity (Wildman–Crippen MR) is 144 cm³/mol. The minimum absolute atomic E-state index is 0.0801. The number of sulfone groups is 1. The Morgan fingerprint density at radius 1 is 0.821 bits per heavy atom. The number of hydrogen-bond donors (Lipinski definition) is 1. The van der Waals surface area contributed by atoms with Crippen LogP contribution in [-0.2, 0) is 15.6 Å². The lowest BCUT2D eigenvalue weighted by atomic mass is 10.1. The van der Waals surface area contributed by atoms with E-state index in [1.807, 2.05) is 0 Å². The third-order valence-corrected chi connectivity index (χ3v) is 8.37. The van der Waals surface area contributed by atoms with Crippen LogP contribution in [0.1, 0.15) is 24.4 Å². The zero-order valence-electron chi connectivity index (χ0n) is 22.2. The molecule has 0 fully saturated rings. The third kappa shape index (κ3) is 5.52. The van der Waals surface area contributed by atoms with Gasteiger partial charge in [0.25, 0.3) is 0 Å². The molecule has 39 heavy (non-hydrogen) atoms. The molecule has 12 heteroatoms. The molecule has 1 N–H and O–H groups in total. The van der Waals surface area contributed by atoms with E-state index >= 15 is 0 Å². The SMILES string of the molecule is COc1cccc(-c2nnc(CS(=O)(=O)[C@H](C)[C@@H](O)c3ccccc3OC)n2-c2c(OC)cccc2OC)n1. The molecule has 2 heterocycles. The van der Waals surface area contributed by atoms with Gasteiger partial charge in [-0.2, -0.15) is 0 Å². The van der Waals surface area contributed by atoms with Gasteiger partial charge in [0.05, 0.1) is 39.8 Å². The number of pyridine rings is 1. The first-order valence-corrected chi connectivity index (χ1v) is 13.7. The molecule has 4 aromatic rings. The monoisotopic (exact) mass is 554 g/mol. The molecule has 0 saturated heterocycles. The number of ether oxygens (including phenoxy) is 4. The van der Waals surface area contributed by atoms with Crippen LogP contribution in [0, 0.1) is 0 Å². The summed E-state index contributed by atoms with van der Waals surface area (Å²) in [5, 5.41) is 18.4. The number of nitrogens with zero attached hydrogens (tertiary/aromatic N) is 4. The van der Waals surface area contributed by atoms with E-state index in [1.54, 1.807) is 65.2 Å². The van der Waals surface area contributed by atoms with Crippen molar-refractivity contribution in [1.82, 2.24) is 19.7 Å². The summed E-state index contributed by atoms with van der Waals surface area (Å²) in [5.74, 6) is 1.32. The maximum atomic E-state index is 13.7. The van der Waals surface area contributed by atoms with Crippen LogP contribution < -0.4 is 18.9 Å². The van der Waals surface area contributed by atoms with E-state index in [4.69, 9.17) is 18.9 Å². The second-order valence-electron chi connectivity index (χ2n) is 8.55. The van der Waals surface area contributed by atoms with Crippen LogP contribution in [0.3, 0.4) is 0 Å². The molecular weight excluding hydrogens is 524 g/mol. The quantitative estimate of drug-likeness (QED) is 0.294. The Bertz CT molecular complexity index is 1530. The van der Waals surface area contributed by atoms with Gasteiger partial charge < -0.3 is 24.1 Å². The number of aromatic nitrogens is 4. The van der Waals surface area contributed by atoms with Crippen molar-refractivity contribution in [2.75, 3.05) is 28.4 Å². The molecule has 2 atom stereocenters.